The highest BCUT2D eigenvalue weighted by Crippen LogP contribution is 2.28. The molecule has 0 atom stereocenters. The smallest absolute Gasteiger partial charge is 0.279 e. The van der Waals surface area contributed by atoms with Crippen molar-refractivity contribution < 1.29 is 14.3 Å². The largest absolute Gasteiger partial charge is 0.496 e. The summed E-state index contributed by atoms with van der Waals surface area (Å²) in [5, 5.41) is 0. The number of thiophene rings is 1. The molecule has 25 heavy (non-hydrogen) atoms. The van der Waals surface area contributed by atoms with Crippen LogP contribution in [0.4, 0.5) is 0 Å². The molecule has 0 saturated carbocycles. The molecule has 1 aromatic heterocycles. The predicted molar refractivity (Wildman–Crippen MR) is 98.2 cm³/mol. The Balaban J connectivity index is 1.63. The van der Waals surface area contributed by atoms with Crippen LogP contribution in [0.1, 0.15) is 55.3 Å². The Morgan fingerprint density at radius 2 is 1.80 bits per heavy atom. The predicted octanol–water partition coefficient (Wildman–Crippen LogP) is 3.41. The molecule has 2 aromatic rings. The van der Waals surface area contributed by atoms with Crippen LogP contribution in [0.25, 0.3) is 0 Å². The minimum Gasteiger partial charge on any atom is -0.496 e. The lowest BCUT2D eigenvalue weighted by molar-refractivity contribution is 0.0848. The number of methoxy groups -OCH3 is 1. The van der Waals surface area contributed by atoms with Gasteiger partial charge in [-0.3, -0.25) is 20.4 Å². The van der Waals surface area contributed by atoms with Crippen molar-refractivity contribution in [2.24, 2.45) is 0 Å². The monoisotopic (exact) mass is 358 g/mol. The molecule has 1 aliphatic carbocycles. The van der Waals surface area contributed by atoms with Gasteiger partial charge in [0.15, 0.2) is 0 Å². The second-order valence-corrected chi connectivity index (χ2v) is 7.35. The van der Waals surface area contributed by atoms with Gasteiger partial charge < -0.3 is 4.74 Å². The molecule has 0 fully saturated rings. The molecule has 1 aliphatic rings. The number of carbonyl (C=O) groups excluding carboxylic acids is 2. The minimum atomic E-state index is -0.371. The molecule has 1 aromatic carbocycles. The highest BCUT2D eigenvalue weighted by atomic mass is 32.1. The summed E-state index contributed by atoms with van der Waals surface area (Å²) in [4.78, 5) is 26.5. The third-order valence-electron chi connectivity index (χ3n) is 4.43. The van der Waals surface area contributed by atoms with Crippen molar-refractivity contribution in [3.8, 4) is 5.75 Å². The second kappa shape index (κ2) is 7.70. The summed E-state index contributed by atoms with van der Waals surface area (Å²) in [6, 6.07) is 7.13. The number of fused-ring (bicyclic) bond motifs is 1. The number of hydrogen-bond donors (Lipinski definition) is 2. The molecule has 0 bridgehead atoms. The second-order valence-electron chi connectivity index (χ2n) is 6.21. The summed E-state index contributed by atoms with van der Waals surface area (Å²) >= 11 is 1.53. The molecule has 0 spiro atoms. The lowest BCUT2D eigenvalue weighted by Gasteiger charge is -2.09. The van der Waals surface area contributed by atoms with Gasteiger partial charge >= 0.3 is 0 Å². The number of rotatable bonds is 3. The fourth-order valence-corrected chi connectivity index (χ4v) is 4.14. The number of amides is 2. The van der Waals surface area contributed by atoms with Gasteiger partial charge in [-0.1, -0.05) is 12.5 Å². The molecule has 0 unspecified atom stereocenters. The molecule has 2 amide bonds. The summed E-state index contributed by atoms with van der Waals surface area (Å²) < 4.78 is 5.22. The fraction of sp³-hybridized carbons (Fsp3) is 0.368. The number of aryl methyl sites for hydroxylation is 3. The van der Waals surface area contributed by atoms with Crippen LogP contribution in [0.5, 0.6) is 5.75 Å². The first-order valence-electron chi connectivity index (χ1n) is 8.45. The highest BCUT2D eigenvalue weighted by molar-refractivity contribution is 7.14. The van der Waals surface area contributed by atoms with E-state index in [1.165, 1.54) is 41.0 Å². The van der Waals surface area contributed by atoms with Gasteiger partial charge in [-0.25, -0.2) is 0 Å². The molecular weight excluding hydrogens is 336 g/mol. The van der Waals surface area contributed by atoms with Gasteiger partial charge in [-0.15, -0.1) is 11.3 Å². The average molecular weight is 358 g/mol. The van der Waals surface area contributed by atoms with Gasteiger partial charge in [0.25, 0.3) is 11.8 Å². The van der Waals surface area contributed by atoms with E-state index in [4.69, 9.17) is 4.74 Å². The zero-order valence-electron chi connectivity index (χ0n) is 14.5. The van der Waals surface area contributed by atoms with E-state index in [0.29, 0.717) is 16.2 Å². The van der Waals surface area contributed by atoms with E-state index in [1.807, 2.05) is 19.1 Å². The molecule has 0 saturated heterocycles. The average Bonchev–Trinajstić information content (AvgIpc) is 2.90. The lowest BCUT2D eigenvalue weighted by Crippen LogP contribution is -2.41. The number of hydrogen-bond acceptors (Lipinski definition) is 4. The van der Waals surface area contributed by atoms with Crippen LogP contribution in [0.3, 0.4) is 0 Å². The van der Waals surface area contributed by atoms with Gasteiger partial charge in [0.1, 0.15) is 5.75 Å². The highest BCUT2D eigenvalue weighted by Gasteiger charge is 2.17. The van der Waals surface area contributed by atoms with Crippen molar-refractivity contribution in [2.75, 3.05) is 7.11 Å². The SMILES string of the molecule is COc1cc(C(=O)NNC(=O)c2cc3c(s2)CCCCC3)ccc1C. The lowest BCUT2D eigenvalue weighted by atomic mass is 10.1. The van der Waals surface area contributed by atoms with Crippen LogP contribution in [0, 0.1) is 6.92 Å². The summed E-state index contributed by atoms with van der Waals surface area (Å²) in [6.45, 7) is 1.91. The van der Waals surface area contributed by atoms with Gasteiger partial charge in [0, 0.05) is 10.4 Å². The van der Waals surface area contributed by atoms with Gasteiger partial charge in [0.2, 0.25) is 0 Å². The van der Waals surface area contributed by atoms with Crippen LogP contribution < -0.4 is 15.6 Å². The van der Waals surface area contributed by atoms with Crippen LogP contribution >= 0.6 is 11.3 Å². The number of carbonyl (C=O) groups is 2. The van der Waals surface area contributed by atoms with E-state index in [-0.39, 0.29) is 11.8 Å². The Bertz CT molecular complexity index is 774. The molecule has 2 N–H and O–H groups in total. The zero-order valence-corrected chi connectivity index (χ0v) is 15.3. The van der Waals surface area contributed by atoms with Crippen LogP contribution in [-0.4, -0.2) is 18.9 Å². The molecule has 132 valence electrons. The normalized spacial score (nSPS) is 13.5. The molecule has 0 aliphatic heterocycles. The first-order valence-corrected chi connectivity index (χ1v) is 9.27. The Hall–Kier alpha value is -2.34. The van der Waals surface area contributed by atoms with Gasteiger partial charge in [0.05, 0.1) is 12.0 Å². The third kappa shape index (κ3) is 4.02. The van der Waals surface area contributed by atoms with Gasteiger partial charge in [-0.2, -0.15) is 0 Å². The third-order valence-corrected chi connectivity index (χ3v) is 5.67. The van der Waals surface area contributed by atoms with Crippen LogP contribution in [0.15, 0.2) is 24.3 Å². The molecule has 1 heterocycles. The standard InChI is InChI=1S/C19H22N2O3S/c1-12-8-9-14(10-15(12)24-2)18(22)20-21-19(23)17-11-13-6-4-3-5-7-16(13)25-17/h8-11H,3-7H2,1-2H3,(H,20,22)(H,21,23). The Morgan fingerprint density at radius 1 is 1.04 bits per heavy atom. The molecule has 5 nitrogen and oxygen atoms in total. The molecule has 3 rings (SSSR count). The van der Waals surface area contributed by atoms with Gasteiger partial charge in [-0.05, 0) is 61.9 Å². The Morgan fingerprint density at radius 3 is 2.60 bits per heavy atom. The molecule has 0 radical (unpaired) electrons. The summed E-state index contributed by atoms with van der Waals surface area (Å²) in [5.41, 5.74) is 7.64. The fourth-order valence-electron chi connectivity index (χ4n) is 2.99. The number of benzene rings is 1. The van der Waals surface area contributed by atoms with E-state index in [1.54, 1.807) is 19.2 Å². The Kier molecular flexibility index (Phi) is 5.38. The summed E-state index contributed by atoms with van der Waals surface area (Å²) in [6.07, 6.45) is 5.69. The quantitative estimate of drug-likeness (QED) is 0.653. The summed E-state index contributed by atoms with van der Waals surface area (Å²) in [7, 11) is 1.56. The molecular formula is C19H22N2O3S. The first kappa shape index (κ1) is 17.5. The topological polar surface area (TPSA) is 67.4 Å². The van der Waals surface area contributed by atoms with Crippen molar-refractivity contribution in [3.05, 3.63) is 50.7 Å². The molecule has 6 heteroatoms. The van der Waals surface area contributed by atoms with Crippen molar-refractivity contribution in [3.63, 3.8) is 0 Å². The van der Waals surface area contributed by atoms with E-state index in [9.17, 15) is 9.59 Å². The number of hydrazine groups is 1. The zero-order chi connectivity index (χ0) is 17.8. The van der Waals surface area contributed by atoms with Crippen molar-refractivity contribution >= 4 is 23.2 Å². The first-order chi connectivity index (χ1) is 12.1. The van der Waals surface area contributed by atoms with E-state index < -0.39 is 0 Å². The minimum absolute atomic E-state index is 0.273. The van der Waals surface area contributed by atoms with Crippen molar-refractivity contribution in [1.82, 2.24) is 10.9 Å². The van der Waals surface area contributed by atoms with E-state index >= 15 is 0 Å². The van der Waals surface area contributed by atoms with E-state index in [0.717, 1.165) is 18.4 Å². The van der Waals surface area contributed by atoms with E-state index in [2.05, 4.69) is 10.9 Å². The maximum Gasteiger partial charge on any atom is 0.279 e. The maximum absolute atomic E-state index is 12.3. The number of ether oxygens (including phenoxy) is 1. The van der Waals surface area contributed by atoms with Crippen LogP contribution in [0.2, 0.25) is 0 Å². The number of nitrogens with one attached hydrogen (secondary N) is 2. The Labute approximate surface area is 151 Å². The van der Waals surface area contributed by atoms with Crippen LogP contribution in [-0.2, 0) is 12.8 Å². The van der Waals surface area contributed by atoms with Crippen molar-refractivity contribution in [1.29, 1.82) is 0 Å². The maximum atomic E-state index is 12.3. The van der Waals surface area contributed by atoms with Crippen molar-refractivity contribution in [2.45, 2.75) is 39.0 Å². The summed E-state index contributed by atoms with van der Waals surface area (Å²) in [5.74, 6) is -0.00348.